The molecule has 0 saturated carbocycles. The molecule has 100 valence electrons. The zero-order valence-electron chi connectivity index (χ0n) is 11.0. The van der Waals surface area contributed by atoms with Gasteiger partial charge in [-0.25, -0.2) is 4.39 Å². The van der Waals surface area contributed by atoms with Crippen molar-refractivity contribution in [1.29, 1.82) is 0 Å². The molecule has 0 bridgehead atoms. The van der Waals surface area contributed by atoms with Crippen LogP contribution in [0.25, 0.3) is 0 Å². The highest BCUT2D eigenvalue weighted by atomic mass is 19.1. The van der Waals surface area contributed by atoms with E-state index in [4.69, 9.17) is 10.5 Å². The van der Waals surface area contributed by atoms with Crippen molar-refractivity contribution in [2.75, 3.05) is 13.7 Å². The third-order valence-corrected chi connectivity index (χ3v) is 3.20. The number of hydrogen-bond donors (Lipinski definition) is 1. The molecule has 0 saturated heterocycles. The van der Waals surface area contributed by atoms with Crippen molar-refractivity contribution in [2.45, 2.75) is 12.3 Å². The molecule has 2 N–H and O–H groups in total. The maximum absolute atomic E-state index is 13.4. The molecule has 2 rings (SSSR count). The van der Waals surface area contributed by atoms with Crippen molar-refractivity contribution in [1.82, 2.24) is 0 Å². The largest absolute Gasteiger partial charge is 0.497 e. The maximum atomic E-state index is 13.4. The maximum Gasteiger partial charge on any atom is 0.123 e. The molecule has 0 heterocycles. The summed E-state index contributed by atoms with van der Waals surface area (Å²) in [6, 6.07) is 14.5. The van der Waals surface area contributed by atoms with Gasteiger partial charge in [0.25, 0.3) is 0 Å². The van der Waals surface area contributed by atoms with Crippen LogP contribution >= 0.6 is 0 Å². The van der Waals surface area contributed by atoms with Gasteiger partial charge in [-0.05, 0) is 48.4 Å². The number of benzene rings is 2. The van der Waals surface area contributed by atoms with Crippen molar-refractivity contribution in [3.05, 3.63) is 65.5 Å². The van der Waals surface area contributed by atoms with Gasteiger partial charge in [-0.3, -0.25) is 0 Å². The molecule has 1 atom stereocenters. The van der Waals surface area contributed by atoms with E-state index in [1.165, 1.54) is 6.07 Å². The number of nitrogens with two attached hydrogens (primary N) is 1. The van der Waals surface area contributed by atoms with Crippen molar-refractivity contribution in [2.24, 2.45) is 5.73 Å². The van der Waals surface area contributed by atoms with E-state index in [1.54, 1.807) is 19.2 Å². The van der Waals surface area contributed by atoms with Gasteiger partial charge in [0.05, 0.1) is 7.11 Å². The fraction of sp³-hybridized carbons (Fsp3) is 0.250. The molecular weight excluding hydrogens is 241 g/mol. The summed E-state index contributed by atoms with van der Waals surface area (Å²) >= 11 is 0. The summed E-state index contributed by atoms with van der Waals surface area (Å²) in [7, 11) is 1.64. The third kappa shape index (κ3) is 3.32. The Bertz CT molecular complexity index is 542. The van der Waals surface area contributed by atoms with Gasteiger partial charge in [-0.1, -0.05) is 24.3 Å². The molecule has 2 nitrogen and oxygen atoms in total. The van der Waals surface area contributed by atoms with E-state index in [9.17, 15) is 4.39 Å². The zero-order valence-corrected chi connectivity index (χ0v) is 11.0. The Morgan fingerprint density at radius 1 is 1.11 bits per heavy atom. The monoisotopic (exact) mass is 259 g/mol. The van der Waals surface area contributed by atoms with Crippen molar-refractivity contribution >= 4 is 0 Å². The molecule has 3 heteroatoms. The summed E-state index contributed by atoms with van der Waals surface area (Å²) in [6.07, 6.45) is 0.774. The van der Waals surface area contributed by atoms with Crippen LogP contribution in [0.3, 0.4) is 0 Å². The van der Waals surface area contributed by atoms with E-state index < -0.39 is 0 Å². The lowest BCUT2D eigenvalue weighted by molar-refractivity contribution is 0.414. The molecule has 0 aromatic heterocycles. The highest BCUT2D eigenvalue weighted by Gasteiger charge is 2.14. The third-order valence-electron chi connectivity index (χ3n) is 3.20. The van der Waals surface area contributed by atoms with Gasteiger partial charge < -0.3 is 10.5 Å². The Hall–Kier alpha value is -1.87. The number of hydrogen-bond acceptors (Lipinski definition) is 2. The van der Waals surface area contributed by atoms with E-state index in [2.05, 4.69) is 0 Å². The summed E-state index contributed by atoms with van der Waals surface area (Å²) in [5, 5.41) is 0. The van der Waals surface area contributed by atoms with Crippen LogP contribution in [-0.4, -0.2) is 13.7 Å². The van der Waals surface area contributed by atoms with E-state index in [1.807, 2.05) is 30.3 Å². The van der Waals surface area contributed by atoms with Crippen LogP contribution in [0.1, 0.15) is 23.5 Å². The lowest BCUT2D eigenvalue weighted by Crippen LogP contribution is -2.09. The molecular formula is C16H18FNO. The van der Waals surface area contributed by atoms with Crippen LogP contribution in [0, 0.1) is 5.82 Å². The average Bonchev–Trinajstić information content (AvgIpc) is 2.45. The first-order chi connectivity index (χ1) is 9.24. The predicted molar refractivity (Wildman–Crippen MR) is 74.9 cm³/mol. The van der Waals surface area contributed by atoms with Gasteiger partial charge in [-0.15, -0.1) is 0 Å². The molecule has 0 spiro atoms. The first kappa shape index (κ1) is 13.6. The standard InChI is InChI=1S/C16H18FNO/c1-19-15-7-3-5-13(11-15)16(8-9-18)12-4-2-6-14(17)10-12/h2-7,10-11,16H,8-9,18H2,1H3. The molecule has 0 fully saturated rings. The minimum absolute atomic E-state index is 0.0933. The predicted octanol–water partition coefficient (Wildman–Crippen LogP) is 3.32. The van der Waals surface area contributed by atoms with Crippen LogP contribution < -0.4 is 10.5 Å². The lowest BCUT2D eigenvalue weighted by atomic mass is 9.88. The Morgan fingerprint density at radius 2 is 1.79 bits per heavy atom. The minimum atomic E-state index is -0.220. The number of ether oxygens (including phenoxy) is 1. The highest BCUT2D eigenvalue weighted by molar-refractivity contribution is 5.37. The minimum Gasteiger partial charge on any atom is -0.497 e. The Morgan fingerprint density at radius 3 is 2.42 bits per heavy atom. The molecule has 19 heavy (non-hydrogen) atoms. The lowest BCUT2D eigenvalue weighted by Gasteiger charge is -2.18. The second kappa shape index (κ2) is 6.34. The summed E-state index contributed by atoms with van der Waals surface area (Å²) < 4.78 is 18.6. The van der Waals surface area contributed by atoms with Crippen LogP contribution in [0.4, 0.5) is 4.39 Å². The second-order valence-electron chi connectivity index (χ2n) is 4.46. The van der Waals surface area contributed by atoms with Gasteiger partial charge in [0.2, 0.25) is 0 Å². The molecule has 0 aliphatic rings. The Kier molecular flexibility index (Phi) is 4.53. The number of methoxy groups -OCH3 is 1. The van der Waals surface area contributed by atoms with E-state index in [0.717, 1.165) is 23.3 Å². The number of rotatable bonds is 5. The zero-order chi connectivity index (χ0) is 13.7. The molecule has 2 aromatic carbocycles. The number of halogens is 1. The Labute approximate surface area is 113 Å². The molecule has 0 radical (unpaired) electrons. The van der Waals surface area contributed by atoms with Crippen LogP contribution in [0.15, 0.2) is 48.5 Å². The van der Waals surface area contributed by atoms with Gasteiger partial charge in [-0.2, -0.15) is 0 Å². The molecule has 0 aliphatic heterocycles. The molecule has 0 amide bonds. The SMILES string of the molecule is COc1cccc(C(CCN)c2cccc(F)c2)c1. The molecule has 2 aromatic rings. The highest BCUT2D eigenvalue weighted by Crippen LogP contribution is 2.30. The smallest absolute Gasteiger partial charge is 0.123 e. The second-order valence-corrected chi connectivity index (χ2v) is 4.46. The first-order valence-electron chi connectivity index (χ1n) is 6.34. The van der Waals surface area contributed by atoms with E-state index in [0.29, 0.717) is 6.54 Å². The normalized spacial score (nSPS) is 12.2. The summed E-state index contributed by atoms with van der Waals surface area (Å²) in [6.45, 7) is 0.554. The molecule has 0 aliphatic carbocycles. The summed E-state index contributed by atoms with van der Waals surface area (Å²) in [5.74, 6) is 0.675. The van der Waals surface area contributed by atoms with Gasteiger partial charge in [0.15, 0.2) is 0 Å². The molecule has 1 unspecified atom stereocenters. The van der Waals surface area contributed by atoms with Gasteiger partial charge in [0, 0.05) is 5.92 Å². The quantitative estimate of drug-likeness (QED) is 0.894. The first-order valence-corrected chi connectivity index (χ1v) is 6.34. The summed E-state index contributed by atoms with van der Waals surface area (Å²) in [5.41, 5.74) is 7.72. The Balaban J connectivity index is 2.38. The average molecular weight is 259 g/mol. The van der Waals surface area contributed by atoms with E-state index in [-0.39, 0.29) is 11.7 Å². The van der Waals surface area contributed by atoms with Crippen LogP contribution in [0.5, 0.6) is 5.75 Å². The fourth-order valence-electron chi connectivity index (χ4n) is 2.27. The van der Waals surface area contributed by atoms with Crippen LogP contribution in [0.2, 0.25) is 0 Å². The fourth-order valence-corrected chi connectivity index (χ4v) is 2.27. The van der Waals surface area contributed by atoms with Crippen molar-refractivity contribution < 1.29 is 9.13 Å². The van der Waals surface area contributed by atoms with Crippen LogP contribution in [-0.2, 0) is 0 Å². The van der Waals surface area contributed by atoms with Crippen molar-refractivity contribution in [3.63, 3.8) is 0 Å². The van der Waals surface area contributed by atoms with Gasteiger partial charge in [0.1, 0.15) is 11.6 Å². The van der Waals surface area contributed by atoms with Crippen molar-refractivity contribution in [3.8, 4) is 5.75 Å². The summed E-state index contributed by atoms with van der Waals surface area (Å²) in [4.78, 5) is 0. The van der Waals surface area contributed by atoms with E-state index >= 15 is 0 Å². The topological polar surface area (TPSA) is 35.2 Å². The van der Waals surface area contributed by atoms with Gasteiger partial charge >= 0.3 is 0 Å².